The van der Waals surface area contributed by atoms with E-state index in [4.69, 9.17) is 9.47 Å². The third-order valence-electron chi connectivity index (χ3n) is 5.25. The normalized spacial score (nSPS) is 12.0. The van der Waals surface area contributed by atoms with Gasteiger partial charge in [-0.15, -0.1) is 0 Å². The number of carboxylic acids is 1. The van der Waals surface area contributed by atoms with Gasteiger partial charge in [0.2, 0.25) is 0 Å². The van der Waals surface area contributed by atoms with Crippen molar-refractivity contribution in [2.75, 3.05) is 0 Å². The van der Waals surface area contributed by atoms with Gasteiger partial charge in [0.25, 0.3) is 0 Å². The molecule has 34 heavy (non-hydrogen) atoms. The molecule has 0 aliphatic heterocycles. The van der Waals surface area contributed by atoms with Crippen LogP contribution in [0.3, 0.4) is 0 Å². The molecule has 9 heteroatoms. The molecule has 0 saturated heterocycles. The zero-order chi connectivity index (χ0) is 24.5. The van der Waals surface area contributed by atoms with Crippen molar-refractivity contribution in [2.24, 2.45) is 0 Å². The average Bonchev–Trinajstić information content (AvgIpc) is 3.22. The minimum Gasteiger partial charge on any atom is -0.489 e. The van der Waals surface area contributed by atoms with Gasteiger partial charge in [0.15, 0.2) is 5.60 Å². The summed E-state index contributed by atoms with van der Waals surface area (Å²) in [6.07, 6.45) is -2.75. The molecule has 0 unspecified atom stereocenters. The highest BCUT2D eigenvalue weighted by Gasteiger charge is 2.30. The second-order valence-corrected chi connectivity index (χ2v) is 8.13. The summed E-state index contributed by atoms with van der Waals surface area (Å²) >= 11 is 0. The molecule has 0 saturated carbocycles. The summed E-state index contributed by atoms with van der Waals surface area (Å²) in [6.45, 7) is 3.16. The summed E-state index contributed by atoms with van der Waals surface area (Å²) in [7, 11) is 0. The molecule has 1 aromatic heterocycles. The first-order valence-electron chi connectivity index (χ1n) is 10.3. The maximum atomic E-state index is 12.9. The van der Waals surface area contributed by atoms with Gasteiger partial charge in [0.1, 0.15) is 18.1 Å². The highest BCUT2D eigenvalue weighted by molar-refractivity contribution is 5.83. The van der Waals surface area contributed by atoms with Gasteiger partial charge in [0.05, 0.1) is 23.0 Å². The van der Waals surface area contributed by atoms with Crippen molar-refractivity contribution in [1.82, 2.24) is 9.78 Å². The van der Waals surface area contributed by atoms with E-state index in [2.05, 4.69) is 5.10 Å². The van der Waals surface area contributed by atoms with Crippen LogP contribution < -0.4 is 9.47 Å². The highest BCUT2D eigenvalue weighted by atomic mass is 19.4. The minimum atomic E-state index is -4.40. The Morgan fingerprint density at radius 3 is 2.24 bits per heavy atom. The summed E-state index contributed by atoms with van der Waals surface area (Å²) < 4.78 is 51.5. The van der Waals surface area contributed by atoms with Crippen molar-refractivity contribution in [2.45, 2.75) is 32.2 Å². The second-order valence-electron chi connectivity index (χ2n) is 8.13. The van der Waals surface area contributed by atoms with Gasteiger partial charge in [-0.25, -0.2) is 9.48 Å². The molecule has 1 heterocycles. The van der Waals surface area contributed by atoms with Crippen molar-refractivity contribution in [3.8, 4) is 17.2 Å². The first-order chi connectivity index (χ1) is 16.0. The van der Waals surface area contributed by atoms with Crippen LogP contribution in [0, 0.1) is 0 Å². The van der Waals surface area contributed by atoms with Crippen LogP contribution in [-0.2, 0) is 17.6 Å². The molecule has 6 nitrogen and oxygen atoms in total. The monoisotopic (exact) mass is 470 g/mol. The Kier molecular flexibility index (Phi) is 5.95. The van der Waals surface area contributed by atoms with E-state index in [9.17, 15) is 23.1 Å². The fourth-order valence-corrected chi connectivity index (χ4v) is 3.34. The number of hydrogen-bond donors (Lipinski definition) is 1. The van der Waals surface area contributed by atoms with E-state index in [1.807, 2.05) is 18.2 Å². The fourth-order valence-electron chi connectivity index (χ4n) is 3.34. The zero-order valence-corrected chi connectivity index (χ0v) is 18.3. The second kappa shape index (κ2) is 8.74. The van der Waals surface area contributed by atoms with E-state index >= 15 is 0 Å². The number of carboxylic acid groups (broad SMARTS) is 1. The molecule has 4 rings (SSSR count). The fraction of sp³-hybridized carbons (Fsp3) is 0.200. The lowest BCUT2D eigenvalue weighted by Crippen LogP contribution is -2.37. The van der Waals surface area contributed by atoms with Crippen LogP contribution in [-0.4, -0.2) is 26.5 Å². The Labute approximate surface area is 193 Å². The van der Waals surface area contributed by atoms with Gasteiger partial charge < -0.3 is 14.6 Å². The molecule has 0 aliphatic carbocycles. The Bertz CT molecular complexity index is 1310. The third kappa shape index (κ3) is 4.83. The van der Waals surface area contributed by atoms with Crippen molar-refractivity contribution < 1.29 is 32.5 Å². The predicted molar refractivity (Wildman–Crippen MR) is 119 cm³/mol. The van der Waals surface area contributed by atoms with Crippen LogP contribution in [0.5, 0.6) is 11.5 Å². The summed E-state index contributed by atoms with van der Waals surface area (Å²) in [6, 6.07) is 17.0. The molecule has 0 atom stereocenters. The lowest BCUT2D eigenvalue weighted by molar-refractivity contribution is -0.152. The Morgan fingerprint density at radius 2 is 1.62 bits per heavy atom. The molecule has 0 fully saturated rings. The van der Waals surface area contributed by atoms with Crippen molar-refractivity contribution in [1.29, 1.82) is 0 Å². The molecule has 3 aromatic carbocycles. The number of aliphatic carboxylic acids is 1. The van der Waals surface area contributed by atoms with Crippen molar-refractivity contribution in [3.05, 3.63) is 84.1 Å². The molecule has 176 valence electrons. The maximum Gasteiger partial charge on any atom is 0.416 e. The first-order valence-corrected chi connectivity index (χ1v) is 10.3. The number of benzene rings is 3. The number of rotatable bonds is 7. The van der Waals surface area contributed by atoms with Crippen molar-refractivity contribution >= 4 is 16.9 Å². The number of nitrogens with zero attached hydrogens (tertiary/aromatic N) is 2. The molecule has 0 bridgehead atoms. The van der Waals surface area contributed by atoms with E-state index in [0.29, 0.717) is 17.2 Å². The summed E-state index contributed by atoms with van der Waals surface area (Å²) in [5.74, 6) is -0.106. The van der Waals surface area contributed by atoms with Gasteiger partial charge in [-0.3, -0.25) is 0 Å². The van der Waals surface area contributed by atoms with E-state index < -0.39 is 23.3 Å². The first kappa shape index (κ1) is 23.2. The molecule has 4 aromatic rings. The van der Waals surface area contributed by atoms with Crippen molar-refractivity contribution in [3.63, 3.8) is 0 Å². The Hall–Kier alpha value is -4.01. The van der Waals surface area contributed by atoms with Crippen LogP contribution in [0.1, 0.15) is 25.0 Å². The van der Waals surface area contributed by atoms with Gasteiger partial charge in [-0.2, -0.15) is 18.3 Å². The quantitative estimate of drug-likeness (QED) is 0.366. The van der Waals surface area contributed by atoms with E-state index in [1.165, 1.54) is 26.0 Å². The summed E-state index contributed by atoms with van der Waals surface area (Å²) in [5.41, 5.74) is 0.0276. The number of carbonyl (C=O) groups is 1. The molecule has 1 N–H and O–H groups in total. The minimum absolute atomic E-state index is 0.233. The third-order valence-corrected chi connectivity index (χ3v) is 5.25. The van der Waals surface area contributed by atoms with Gasteiger partial charge in [-0.1, -0.05) is 12.1 Å². The highest BCUT2D eigenvalue weighted by Crippen LogP contribution is 2.30. The number of halogens is 3. The summed E-state index contributed by atoms with van der Waals surface area (Å²) in [5, 5.41) is 14.3. The predicted octanol–water partition coefficient (Wildman–Crippen LogP) is 5.87. The van der Waals surface area contributed by atoms with Crippen LogP contribution in [0.15, 0.2) is 72.9 Å². The topological polar surface area (TPSA) is 73.6 Å². The van der Waals surface area contributed by atoms with Crippen LogP contribution in [0.2, 0.25) is 0 Å². The lowest BCUT2D eigenvalue weighted by Gasteiger charge is -2.21. The number of alkyl halides is 3. The summed E-state index contributed by atoms with van der Waals surface area (Å²) in [4.78, 5) is 11.2. The zero-order valence-electron chi connectivity index (χ0n) is 18.3. The Morgan fingerprint density at radius 1 is 0.971 bits per heavy atom. The van der Waals surface area contributed by atoms with E-state index in [1.54, 1.807) is 35.1 Å². The molecular formula is C25H21F3N2O4. The average molecular weight is 470 g/mol. The van der Waals surface area contributed by atoms with Gasteiger partial charge in [0, 0.05) is 10.9 Å². The molecular weight excluding hydrogens is 449 g/mol. The van der Waals surface area contributed by atoms with Crippen LogP contribution >= 0.6 is 0 Å². The maximum absolute atomic E-state index is 12.9. The molecule has 0 spiro atoms. The van der Waals surface area contributed by atoms with Crippen LogP contribution in [0.4, 0.5) is 13.2 Å². The largest absolute Gasteiger partial charge is 0.489 e. The molecule has 0 aliphatic rings. The number of ether oxygens (including phenoxy) is 2. The van der Waals surface area contributed by atoms with Gasteiger partial charge in [-0.05, 0) is 68.4 Å². The number of hydrogen-bond acceptors (Lipinski definition) is 4. The lowest BCUT2D eigenvalue weighted by atomic mass is 10.1. The number of aromatic nitrogens is 2. The van der Waals surface area contributed by atoms with Gasteiger partial charge >= 0.3 is 12.1 Å². The van der Waals surface area contributed by atoms with E-state index in [0.717, 1.165) is 28.6 Å². The molecule has 0 amide bonds. The van der Waals surface area contributed by atoms with E-state index in [-0.39, 0.29) is 6.61 Å². The SMILES string of the molecule is CC(C)(Oc1ccc(OCc2cccc3c2cnn3-c2ccc(C(F)(F)F)cc2)cc1)C(=O)O. The number of fused-ring (bicyclic) bond motifs is 1. The molecule has 0 radical (unpaired) electrons. The van der Waals surface area contributed by atoms with Crippen LogP contribution in [0.25, 0.3) is 16.6 Å². The Balaban J connectivity index is 1.50. The standard InChI is InChI=1S/C25H21F3N2O4/c1-24(2,23(31)32)34-20-12-10-19(11-13-20)33-15-16-4-3-5-22-21(16)14-29-30(22)18-8-6-17(7-9-18)25(26,27)28/h3-14H,15H2,1-2H3,(H,31,32). The smallest absolute Gasteiger partial charge is 0.416 e.